The number of rotatable bonds is 12. The van der Waals surface area contributed by atoms with Gasteiger partial charge in [0, 0.05) is 6.42 Å². The maximum absolute atomic E-state index is 12.6. The summed E-state index contributed by atoms with van der Waals surface area (Å²) < 4.78 is 60.8. The summed E-state index contributed by atoms with van der Waals surface area (Å²) in [4.78, 5) is 0. The molecule has 8 heteroatoms. The normalized spacial score (nSPS) is 11.7. The van der Waals surface area contributed by atoms with E-state index in [4.69, 9.17) is 0 Å². The van der Waals surface area contributed by atoms with Crippen LogP contribution >= 0.6 is 11.8 Å². The fraction of sp³-hybridized carbons (Fsp3) is 0.929. The van der Waals surface area contributed by atoms with Gasteiger partial charge in [0.1, 0.15) is 0 Å². The largest absolute Gasteiger partial charge is 2.00 e. The van der Waals surface area contributed by atoms with Crippen molar-refractivity contribution in [2.24, 2.45) is 0 Å². The summed E-state index contributed by atoms with van der Waals surface area (Å²) in [5.74, 6) is -3.33. The zero-order valence-electron chi connectivity index (χ0n) is 12.9. The van der Waals surface area contributed by atoms with Gasteiger partial charge >= 0.3 is 35.2 Å². The number of hydrogen-bond donors (Lipinski definition) is 0. The van der Waals surface area contributed by atoms with Crippen molar-refractivity contribution in [2.75, 3.05) is 11.5 Å². The molecule has 0 spiro atoms. The first kappa shape index (κ1) is 28.1. The minimum atomic E-state index is -5.41. The second-order valence-electron chi connectivity index (χ2n) is 4.89. The summed E-state index contributed by atoms with van der Waals surface area (Å²) in [6.07, 6.45) is 1.17. The average molecular weight is 424 g/mol. The van der Waals surface area contributed by atoms with Crippen LogP contribution in [0.1, 0.15) is 57.8 Å². The predicted octanol–water partition coefficient (Wildman–Crippen LogP) is 2.89. The summed E-state index contributed by atoms with van der Waals surface area (Å²) in [5, 5.41) is 0. The average Bonchev–Trinajstić information content (AvgIpc) is 2.34. The van der Waals surface area contributed by atoms with Crippen LogP contribution in [-0.2, 0) is 0 Å². The van der Waals surface area contributed by atoms with E-state index >= 15 is 0 Å². The van der Waals surface area contributed by atoms with E-state index in [0.717, 1.165) is 37.9 Å². The molecule has 0 saturated heterocycles. The van der Waals surface area contributed by atoms with Gasteiger partial charge in [-0.25, -0.2) is 0 Å². The molecular weight excluding hydrogens is 399 g/mol. The standard InChI is InChI=1S/C14H24F5S.BrH.Mg/c1-2-3-4-5-6-7-8-11-20-12-9-10-13(15,16)14(17,18)19;;/h1-12H2;1H;/q-1;;+2/p-1. The summed E-state index contributed by atoms with van der Waals surface area (Å²) in [7, 11) is 0. The Morgan fingerprint density at radius 2 is 1.18 bits per heavy atom. The van der Waals surface area contributed by atoms with E-state index in [1.807, 2.05) is 0 Å². The molecule has 0 bridgehead atoms. The van der Waals surface area contributed by atoms with Gasteiger partial charge in [0.05, 0.1) is 0 Å². The fourth-order valence-electron chi connectivity index (χ4n) is 1.73. The Kier molecular flexibility index (Phi) is 20.1. The van der Waals surface area contributed by atoms with E-state index < -0.39 is 18.5 Å². The third kappa shape index (κ3) is 14.8. The third-order valence-electron chi connectivity index (χ3n) is 2.98. The topological polar surface area (TPSA) is 0 Å². The summed E-state index contributed by atoms with van der Waals surface area (Å²) in [5.41, 5.74) is 0. The van der Waals surface area contributed by atoms with Gasteiger partial charge in [0.15, 0.2) is 0 Å². The van der Waals surface area contributed by atoms with E-state index in [0.29, 0.717) is 5.75 Å². The SMILES string of the molecule is [Br-].[CH2-]CCCCCCCCSCCCC(F)(F)C(F)(F)F.[Mg+2]. The van der Waals surface area contributed by atoms with E-state index in [1.165, 1.54) is 24.6 Å². The van der Waals surface area contributed by atoms with Crippen LogP contribution in [0.3, 0.4) is 0 Å². The van der Waals surface area contributed by atoms with Crippen molar-refractivity contribution in [2.45, 2.75) is 69.9 Å². The second kappa shape index (κ2) is 15.8. The van der Waals surface area contributed by atoms with Crippen LogP contribution < -0.4 is 17.0 Å². The molecule has 0 radical (unpaired) electrons. The molecule has 0 aromatic heterocycles. The Hall–Kier alpha value is 1.25. The van der Waals surface area contributed by atoms with Crippen molar-refractivity contribution in [3.05, 3.63) is 6.92 Å². The van der Waals surface area contributed by atoms with Gasteiger partial charge in [-0.2, -0.15) is 40.1 Å². The molecule has 0 atom stereocenters. The first-order chi connectivity index (χ1) is 9.31. The Morgan fingerprint density at radius 3 is 1.68 bits per heavy atom. The van der Waals surface area contributed by atoms with E-state index in [2.05, 4.69) is 6.92 Å². The molecule has 0 nitrogen and oxygen atoms in total. The Labute approximate surface area is 161 Å². The molecule has 22 heavy (non-hydrogen) atoms. The van der Waals surface area contributed by atoms with Crippen molar-refractivity contribution < 1.29 is 38.9 Å². The molecule has 0 aliphatic heterocycles. The van der Waals surface area contributed by atoms with E-state index in [1.54, 1.807) is 0 Å². The van der Waals surface area contributed by atoms with Crippen LogP contribution in [0.2, 0.25) is 0 Å². The smallest absolute Gasteiger partial charge is 1.00 e. The molecule has 0 heterocycles. The Bertz CT molecular complexity index is 240. The molecule has 0 fully saturated rings. The van der Waals surface area contributed by atoms with Gasteiger partial charge in [-0.15, -0.1) is 0 Å². The molecule has 0 aromatic carbocycles. The Balaban J connectivity index is -0.00000180. The summed E-state index contributed by atoms with van der Waals surface area (Å²) in [6.45, 7) is 3.77. The fourth-order valence-corrected chi connectivity index (χ4v) is 2.69. The molecule has 0 unspecified atom stereocenters. The minimum absolute atomic E-state index is 0. The number of hydrogen-bond acceptors (Lipinski definition) is 1. The molecule has 0 saturated carbocycles. The molecule has 0 aliphatic rings. The quantitative estimate of drug-likeness (QED) is 0.201. The number of unbranched alkanes of at least 4 members (excludes halogenated alkanes) is 6. The maximum Gasteiger partial charge on any atom is 2.00 e. The van der Waals surface area contributed by atoms with Crippen LogP contribution in [0, 0.1) is 6.92 Å². The summed E-state index contributed by atoms with van der Waals surface area (Å²) >= 11 is 1.46. The van der Waals surface area contributed by atoms with Crippen LogP contribution in [0.15, 0.2) is 0 Å². The molecule has 0 N–H and O–H groups in total. The van der Waals surface area contributed by atoms with Gasteiger partial charge in [-0.1, -0.05) is 32.1 Å². The first-order valence-corrected chi connectivity index (χ1v) is 8.28. The molecule has 0 aliphatic carbocycles. The zero-order valence-corrected chi connectivity index (χ0v) is 16.7. The number of alkyl halides is 5. The van der Waals surface area contributed by atoms with Gasteiger partial charge < -0.3 is 23.9 Å². The molecular formula is C14H24BrF5MgS. The number of thioether (sulfide) groups is 1. The van der Waals surface area contributed by atoms with Gasteiger partial charge in [0.2, 0.25) is 0 Å². The van der Waals surface area contributed by atoms with Gasteiger partial charge in [-0.05, 0) is 24.3 Å². The minimum Gasteiger partial charge on any atom is -1.00 e. The maximum atomic E-state index is 12.6. The first-order valence-electron chi connectivity index (χ1n) is 7.13. The van der Waals surface area contributed by atoms with Crippen LogP contribution in [0.25, 0.3) is 0 Å². The molecule has 130 valence electrons. The monoisotopic (exact) mass is 422 g/mol. The van der Waals surface area contributed by atoms with Crippen molar-refractivity contribution in [3.63, 3.8) is 0 Å². The Morgan fingerprint density at radius 1 is 0.727 bits per heavy atom. The van der Waals surface area contributed by atoms with Crippen molar-refractivity contribution in [1.82, 2.24) is 0 Å². The molecule has 0 aromatic rings. The van der Waals surface area contributed by atoms with Crippen LogP contribution in [-0.4, -0.2) is 46.7 Å². The molecule has 0 rings (SSSR count). The van der Waals surface area contributed by atoms with Crippen LogP contribution in [0.4, 0.5) is 22.0 Å². The van der Waals surface area contributed by atoms with E-state index in [-0.39, 0.29) is 46.5 Å². The van der Waals surface area contributed by atoms with Crippen molar-refractivity contribution >= 4 is 34.8 Å². The number of halogens is 6. The third-order valence-corrected chi connectivity index (χ3v) is 4.14. The van der Waals surface area contributed by atoms with E-state index in [9.17, 15) is 22.0 Å². The second-order valence-corrected chi connectivity index (χ2v) is 6.12. The zero-order chi connectivity index (χ0) is 15.5. The van der Waals surface area contributed by atoms with Gasteiger partial charge in [-0.3, -0.25) is 0 Å². The predicted molar refractivity (Wildman–Crippen MR) is 81.0 cm³/mol. The van der Waals surface area contributed by atoms with Crippen LogP contribution in [0.5, 0.6) is 0 Å². The summed E-state index contributed by atoms with van der Waals surface area (Å²) in [6, 6.07) is 0. The van der Waals surface area contributed by atoms with Gasteiger partial charge in [0.25, 0.3) is 0 Å². The van der Waals surface area contributed by atoms with Crippen molar-refractivity contribution in [1.29, 1.82) is 0 Å². The van der Waals surface area contributed by atoms with Crippen molar-refractivity contribution in [3.8, 4) is 0 Å². The molecule has 0 amide bonds.